The molecule has 104 valence electrons. The predicted octanol–water partition coefficient (Wildman–Crippen LogP) is 1.91. The van der Waals surface area contributed by atoms with Gasteiger partial charge >= 0.3 is 0 Å². The van der Waals surface area contributed by atoms with Gasteiger partial charge in [-0.25, -0.2) is 0 Å². The number of rotatable bonds is 4. The molecule has 2 atom stereocenters. The minimum absolute atomic E-state index is 0.0747. The van der Waals surface area contributed by atoms with Gasteiger partial charge in [0.05, 0.1) is 13.2 Å². The quantitative estimate of drug-likeness (QED) is 0.676. The van der Waals surface area contributed by atoms with E-state index < -0.39 is 11.4 Å². The van der Waals surface area contributed by atoms with Gasteiger partial charge < -0.3 is 9.29 Å². The van der Waals surface area contributed by atoms with Crippen LogP contribution in [0.2, 0.25) is 0 Å². The van der Waals surface area contributed by atoms with E-state index >= 15 is 0 Å². The Morgan fingerprint density at radius 2 is 1.95 bits per heavy atom. The van der Waals surface area contributed by atoms with Crippen molar-refractivity contribution in [3.8, 4) is 5.75 Å². The lowest BCUT2D eigenvalue weighted by atomic mass is 9.88. The molecule has 5 heteroatoms. The van der Waals surface area contributed by atoms with Crippen LogP contribution in [0.4, 0.5) is 0 Å². The van der Waals surface area contributed by atoms with Gasteiger partial charge in [-0.15, -0.1) is 4.72 Å². The van der Waals surface area contributed by atoms with Gasteiger partial charge in [-0.1, -0.05) is 17.6 Å². The van der Waals surface area contributed by atoms with E-state index in [0.29, 0.717) is 5.46 Å². The third-order valence-corrected chi connectivity index (χ3v) is 4.67. The van der Waals surface area contributed by atoms with Crippen LogP contribution in [-0.2, 0) is 11.4 Å². The molecule has 0 aliphatic heterocycles. The molecule has 0 aliphatic carbocycles. The summed E-state index contributed by atoms with van der Waals surface area (Å²) in [4.78, 5) is 0. The Hall–Kier alpha value is -0.645. The second-order valence-corrected chi connectivity index (χ2v) is 7.62. The second kappa shape index (κ2) is 6.20. The summed E-state index contributed by atoms with van der Waals surface area (Å²) in [6, 6.07) is 3.69. The van der Waals surface area contributed by atoms with Gasteiger partial charge in [-0.3, -0.25) is 0 Å². The van der Waals surface area contributed by atoms with Crippen LogP contribution in [0.25, 0.3) is 0 Å². The maximum absolute atomic E-state index is 12.1. The number of hydrogen-bond acceptors (Lipinski definition) is 3. The molecule has 1 aromatic rings. The Kier molecular flexibility index (Phi) is 5.36. The fourth-order valence-corrected chi connectivity index (χ4v) is 2.54. The first-order valence-corrected chi connectivity index (χ1v) is 7.44. The highest BCUT2D eigenvalue weighted by atomic mass is 32.2. The number of hydrogen-bond donors (Lipinski definition) is 1. The molecule has 2 radical (unpaired) electrons. The molecule has 1 N–H and O–H groups in total. The SMILES string of the molecule is [B]c1ccc(C(C)N[S+]([O-])C(C)(C)C)c(OC)c1C. The summed E-state index contributed by atoms with van der Waals surface area (Å²) in [6.07, 6.45) is 0. The summed E-state index contributed by atoms with van der Waals surface area (Å²) in [5, 5.41) is 0. The minimum atomic E-state index is -1.13. The minimum Gasteiger partial charge on any atom is -0.598 e. The van der Waals surface area contributed by atoms with Gasteiger partial charge in [-0.05, 0) is 40.2 Å². The first kappa shape index (κ1) is 16.4. The van der Waals surface area contributed by atoms with Crippen molar-refractivity contribution >= 4 is 24.7 Å². The normalized spacial score (nSPS) is 15.1. The van der Waals surface area contributed by atoms with Crippen molar-refractivity contribution in [2.75, 3.05) is 7.11 Å². The standard InChI is InChI=1S/C14H22BNO2S/c1-9-12(15)8-7-11(13(9)18-6)10(2)16-19(17)14(3,4)5/h7-8,10,16H,1-6H3. The summed E-state index contributed by atoms with van der Waals surface area (Å²) < 4.78 is 20.4. The summed E-state index contributed by atoms with van der Waals surface area (Å²) >= 11 is -1.13. The Bertz CT molecular complexity index is 446. The maximum Gasteiger partial charge on any atom is 0.136 e. The van der Waals surface area contributed by atoms with Crippen LogP contribution >= 0.6 is 0 Å². The van der Waals surface area contributed by atoms with Crippen molar-refractivity contribution in [2.24, 2.45) is 0 Å². The van der Waals surface area contributed by atoms with Gasteiger partial charge in [0.2, 0.25) is 0 Å². The lowest BCUT2D eigenvalue weighted by Gasteiger charge is -2.27. The third kappa shape index (κ3) is 3.91. The fourth-order valence-electron chi connectivity index (χ4n) is 1.74. The van der Waals surface area contributed by atoms with E-state index in [-0.39, 0.29) is 10.8 Å². The van der Waals surface area contributed by atoms with Crippen molar-refractivity contribution in [1.29, 1.82) is 0 Å². The number of benzene rings is 1. The Labute approximate surface area is 120 Å². The Morgan fingerprint density at radius 3 is 2.42 bits per heavy atom. The highest BCUT2D eigenvalue weighted by Crippen LogP contribution is 2.28. The van der Waals surface area contributed by atoms with Crippen LogP contribution < -0.4 is 14.9 Å². The molecule has 0 bridgehead atoms. The molecule has 1 aromatic carbocycles. The maximum atomic E-state index is 12.1. The van der Waals surface area contributed by atoms with Crippen molar-refractivity contribution in [3.63, 3.8) is 0 Å². The van der Waals surface area contributed by atoms with E-state index in [9.17, 15) is 4.55 Å². The Morgan fingerprint density at radius 1 is 1.37 bits per heavy atom. The molecule has 0 heterocycles. The molecular weight excluding hydrogens is 257 g/mol. The van der Waals surface area contributed by atoms with Crippen LogP contribution in [0.5, 0.6) is 5.75 Å². The van der Waals surface area contributed by atoms with E-state index in [1.54, 1.807) is 7.11 Å². The van der Waals surface area contributed by atoms with Gasteiger partial charge in [0.1, 0.15) is 18.3 Å². The lowest BCUT2D eigenvalue weighted by molar-refractivity contribution is 0.402. The summed E-state index contributed by atoms with van der Waals surface area (Å²) in [5.74, 6) is 0.755. The topological polar surface area (TPSA) is 44.3 Å². The van der Waals surface area contributed by atoms with E-state index in [1.807, 2.05) is 46.8 Å². The van der Waals surface area contributed by atoms with E-state index in [0.717, 1.165) is 16.9 Å². The molecule has 0 saturated heterocycles. The van der Waals surface area contributed by atoms with E-state index in [2.05, 4.69) is 4.72 Å². The van der Waals surface area contributed by atoms with E-state index in [4.69, 9.17) is 12.6 Å². The molecule has 0 aromatic heterocycles. The first-order chi connectivity index (χ1) is 8.68. The van der Waals surface area contributed by atoms with Crippen LogP contribution in [0, 0.1) is 6.92 Å². The Balaban J connectivity index is 3.00. The van der Waals surface area contributed by atoms with Crippen LogP contribution in [0.15, 0.2) is 12.1 Å². The smallest absolute Gasteiger partial charge is 0.136 e. The van der Waals surface area contributed by atoms with Gasteiger partial charge in [0.25, 0.3) is 0 Å². The molecule has 0 amide bonds. The second-order valence-electron chi connectivity index (χ2n) is 5.62. The van der Waals surface area contributed by atoms with Crippen molar-refractivity contribution in [1.82, 2.24) is 4.72 Å². The lowest BCUT2D eigenvalue weighted by Crippen LogP contribution is -2.40. The van der Waals surface area contributed by atoms with Crippen LogP contribution in [-0.4, -0.2) is 24.3 Å². The van der Waals surface area contributed by atoms with E-state index in [1.165, 1.54) is 0 Å². The number of ether oxygens (including phenoxy) is 1. The zero-order chi connectivity index (χ0) is 14.8. The number of nitrogens with one attached hydrogen (secondary N) is 1. The summed E-state index contributed by atoms with van der Waals surface area (Å²) in [6.45, 7) is 9.71. The molecule has 0 fully saturated rings. The molecule has 3 nitrogen and oxygen atoms in total. The molecule has 1 rings (SSSR count). The van der Waals surface area contributed by atoms with Crippen molar-refractivity contribution < 1.29 is 9.29 Å². The largest absolute Gasteiger partial charge is 0.598 e. The van der Waals surface area contributed by atoms with Gasteiger partial charge in [0, 0.05) is 16.9 Å². The highest BCUT2D eigenvalue weighted by molar-refractivity contribution is 7.90. The first-order valence-electron chi connectivity index (χ1n) is 6.29. The highest BCUT2D eigenvalue weighted by Gasteiger charge is 2.29. The fraction of sp³-hybridized carbons (Fsp3) is 0.571. The zero-order valence-corrected chi connectivity index (χ0v) is 13.4. The van der Waals surface area contributed by atoms with Crippen LogP contribution in [0.1, 0.15) is 44.9 Å². The third-order valence-electron chi connectivity index (χ3n) is 2.99. The van der Waals surface area contributed by atoms with Crippen molar-refractivity contribution in [2.45, 2.75) is 45.4 Å². The molecule has 2 unspecified atom stereocenters. The molecule has 19 heavy (non-hydrogen) atoms. The van der Waals surface area contributed by atoms with Crippen molar-refractivity contribution in [3.05, 3.63) is 23.3 Å². The zero-order valence-electron chi connectivity index (χ0n) is 12.5. The average molecular weight is 279 g/mol. The summed E-state index contributed by atoms with van der Waals surface area (Å²) in [7, 11) is 7.50. The molecule has 0 spiro atoms. The molecule has 0 aliphatic rings. The van der Waals surface area contributed by atoms with Crippen LogP contribution in [0.3, 0.4) is 0 Å². The predicted molar refractivity (Wildman–Crippen MR) is 82.6 cm³/mol. The van der Waals surface area contributed by atoms with Gasteiger partial charge in [-0.2, -0.15) is 0 Å². The molecule has 0 saturated carbocycles. The van der Waals surface area contributed by atoms with Gasteiger partial charge in [0.15, 0.2) is 0 Å². The number of methoxy groups -OCH3 is 1. The molecular formula is C14H22BNO2S. The summed E-state index contributed by atoms with van der Waals surface area (Å²) in [5.41, 5.74) is 2.58. The monoisotopic (exact) mass is 279 g/mol. The average Bonchev–Trinajstić information content (AvgIpc) is 2.30.